The Hall–Kier alpha value is -0.353. The number of ether oxygens (including phenoxy) is 1. The summed E-state index contributed by atoms with van der Waals surface area (Å²) >= 11 is 0. The molecule has 0 unspecified atom stereocenters. The first-order valence-corrected chi connectivity index (χ1v) is 7.22. The number of rotatable bonds is 3. The van der Waals surface area contributed by atoms with Crippen LogP contribution in [0.2, 0.25) is 19.6 Å². The Labute approximate surface area is 69.2 Å². The molecule has 11 heavy (non-hydrogen) atoms. The number of carbonyl (C=O) groups is 1. The molecule has 3 nitrogen and oxygen atoms in total. The molecule has 0 rings (SSSR count). The highest BCUT2D eigenvalue weighted by molar-refractivity contribution is 6.73. The Morgan fingerprint density at radius 3 is 2.18 bits per heavy atom. The van der Waals surface area contributed by atoms with Gasteiger partial charge < -0.3 is 9.72 Å². The molecule has 0 aliphatic carbocycles. The fraction of sp³-hybridized carbons (Fsp3) is 0.857. The van der Waals surface area contributed by atoms with Crippen molar-refractivity contribution in [1.29, 1.82) is 0 Å². The van der Waals surface area contributed by atoms with Gasteiger partial charge >= 0.3 is 5.97 Å². The average Bonchev–Trinajstić information content (AvgIpc) is 1.82. The highest BCUT2D eigenvalue weighted by Gasteiger charge is 2.21. The van der Waals surface area contributed by atoms with E-state index in [9.17, 15) is 4.79 Å². The minimum Gasteiger partial charge on any atom is -0.468 e. The second-order valence-corrected chi connectivity index (χ2v) is 8.43. The molecule has 0 aliphatic heterocycles. The van der Waals surface area contributed by atoms with Gasteiger partial charge in [0, 0.05) is 0 Å². The van der Waals surface area contributed by atoms with Gasteiger partial charge in [0.05, 0.1) is 13.2 Å². The minimum atomic E-state index is -1.35. The van der Waals surface area contributed by atoms with E-state index < -0.39 is 8.24 Å². The van der Waals surface area contributed by atoms with E-state index >= 15 is 0 Å². The Kier molecular flexibility index (Phi) is 3.75. The van der Waals surface area contributed by atoms with Crippen LogP contribution in [0.1, 0.15) is 6.92 Å². The number of methoxy groups -OCH3 is 1. The monoisotopic (exact) mass is 175 g/mol. The molecule has 0 saturated heterocycles. The third kappa shape index (κ3) is 4.98. The van der Waals surface area contributed by atoms with E-state index in [1.807, 2.05) is 6.92 Å². The Balaban J connectivity index is 3.87. The van der Waals surface area contributed by atoms with Crippen LogP contribution < -0.4 is 4.98 Å². The van der Waals surface area contributed by atoms with Gasteiger partial charge in [-0.25, -0.2) is 0 Å². The van der Waals surface area contributed by atoms with Crippen LogP contribution in [-0.4, -0.2) is 27.4 Å². The number of nitrogens with one attached hydrogen (secondary N) is 1. The minimum absolute atomic E-state index is 0.174. The second-order valence-electron chi connectivity index (χ2n) is 3.64. The molecular weight excluding hydrogens is 158 g/mol. The van der Waals surface area contributed by atoms with Gasteiger partial charge in [0.15, 0.2) is 0 Å². The Bertz CT molecular complexity index is 142. The summed E-state index contributed by atoms with van der Waals surface area (Å²) in [4.78, 5) is 14.2. The second kappa shape index (κ2) is 3.87. The number of esters is 1. The van der Waals surface area contributed by atoms with Crippen LogP contribution in [0.4, 0.5) is 0 Å². The predicted molar refractivity (Wildman–Crippen MR) is 48.0 cm³/mol. The summed E-state index contributed by atoms with van der Waals surface area (Å²) in [5.74, 6) is -0.188. The van der Waals surface area contributed by atoms with Crippen molar-refractivity contribution in [3.63, 3.8) is 0 Å². The molecule has 0 fully saturated rings. The van der Waals surface area contributed by atoms with E-state index in [0.717, 1.165) is 0 Å². The summed E-state index contributed by atoms with van der Waals surface area (Å²) in [6.45, 7) is 8.26. The van der Waals surface area contributed by atoms with Crippen molar-refractivity contribution in [2.45, 2.75) is 32.6 Å². The van der Waals surface area contributed by atoms with Gasteiger partial charge in [0.2, 0.25) is 0 Å². The van der Waals surface area contributed by atoms with Gasteiger partial charge in [0.25, 0.3) is 0 Å². The van der Waals surface area contributed by atoms with Crippen molar-refractivity contribution in [3.8, 4) is 0 Å². The molecular formula is C7H17NO2Si. The van der Waals surface area contributed by atoms with Crippen LogP contribution >= 0.6 is 0 Å². The lowest BCUT2D eigenvalue weighted by atomic mass is 10.4. The number of carbonyl (C=O) groups excluding carboxylic acids is 1. The van der Waals surface area contributed by atoms with Crippen molar-refractivity contribution >= 4 is 14.2 Å². The zero-order chi connectivity index (χ0) is 9.07. The maximum atomic E-state index is 10.9. The molecule has 1 N–H and O–H groups in total. The standard InChI is InChI=1S/C7H17NO2Si/c1-6(7(9)10-2)8-11(3,4)5/h6,8H,1-5H3/t6-/m0/s1. The first-order chi connectivity index (χ1) is 4.87. The maximum absolute atomic E-state index is 10.9. The van der Waals surface area contributed by atoms with Gasteiger partial charge in [0.1, 0.15) is 8.24 Å². The molecule has 0 aliphatic rings. The van der Waals surface area contributed by atoms with Crippen LogP contribution in [-0.2, 0) is 9.53 Å². The van der Waals surface area contributed by atoms with Crippen molar-refractivity contribution in [2.24, 2.45) is 0 Å². The smallest absolute Gasteiger partial charge is 0.321 e. The molecule has 0 spiro atoms. The third-order valence-corrected chi connectivity index (χ3v) is 2.50. The van der Waals surface area contributed by atoms with Crippen LogP contribution in [0.5, 0.6) is 0 Å². The molecule has 0 heterocycles. The molecule has 0 saturated carbocycles. The Morgan fingerprint density at radius 2 is 1.91 bits per heavy atom. The van der Waals surface area contributed by atoms with Crippen LogP contribution in [0.3, 0.4) is 0 Å². The first kappa shape index (κ1) is 10.6. The molecule has 4 heteroatoms. The molecule has 0 aromatic rings. The highest BCUT2D eigenvalue weighted by Crippen LogP contribution is 1.97. The summed E-state index contributed by atoms with van der Waals surface area (Å²) in [6, 6.07) is -0.174. The zero-order valence-electron chi connectivity index (χ0n) is 7.89. The lowest BCUT2D eigenvalue weighted by molar-refractivity contribution is -0.142. The lowest BCUT2D eigenvalue weighted by Crippen LogP contribution is -2.50. The quantitative estimate of drug-likeness (QED) is 0.513. The predicted octanol–water partition coefficient (Wildman–Crippen LogP) is 0.972. The third-order valence-electron chi connectivity index (χ3n) is 1.20. The van der Waals surface area contributed by atoms with Crippen LogP contribution in [0.15, 0.2) is 0 Å². The van der Waals surface area contributed by atoms with Crippen LogP contribution in [0.25, 0.3) is 0 Å². The van der Waals surface area contributed by atoms with E-state index in [0.29, 0.717) is 0 Å². The molecule has 0 aromatic carbocycles. The van der Waals surface area contributed by atoms with E-state index in [2.05, 4.69) is 29.4 Å². The van der Waals surface area contributed by atoms with Gasteiger partial charge in [-0.1, -0.05) is 19.6 Å². The number of hydrogen-bond donors (Lipinski definition) is 1. The molecule has 0 amide bonds. The van der Waals surface area contributed by atoms with Crippen molar-refractivity contribution < 1.29 is 9.53 Å². The molecule has 1 atom stereocenters. The van der Waals surface area contributed by atoms with Gasteiger partial charge in [-0.15, -0.1) is 0 Å². The molecule has 0 bridgehead atoms. The van der Waals surface area contributed by atoms with Gasteiger partial charge in [-0.2, -0.15) is 0 Å². The van der Waals surface area contributed by atoms with E-state index in [1.165, 1.54) is 7.11 Å². The summed E-state index contributed by atoms with van der Waals surface area (Å²) in [6.07, 6.45) is 0. The van der Waals surface area contributed by atoms with E-state index in [4.69, 9.17) is 0 Å². The normalized spacial score (nSPS) is 14.3. The first-order valence-electron chi connectivity index (χ1n) is 3.72. The summed E-state index contributed by atoms with van der Waals surface area (Å²) < 4.78 is 4.58. The lowest BCUT2D eigenvalue weighted by Gasteiger charge is -2.22. The summed E-state index contributed by atoms with van der Waals surface area (Å²) in [5, 5.41) is 0. The van der Waals surface area contributed by atoms with Crippen molar-refractivity contribution in [2.75, 3.05) is 7.11 Å². The summed E-state index contributed by atoms with van der Waals surface area (Å²) in [7, 11) is 0.0573. The fourth-order valence-electron chi connectivity index (χ4n) is 0.885. The molecule has 0 aromatic heterocycles. The molecule has 0 radical (unpaired) electrons. The SMILES string of the molecule is COC(=O)[C@H](C)N[Si](C)(C)C. The van der Waals surface area contributed by atoms with E-state index in [1.54, 1.807) is 0 Å². The van der Waals surface area contributed by atoms with Gasteiger partial charge in [-0.3, -0.25) is 4.79 Å². The largest absolute Gasteiger partial charge is 0.468 e. The van der Waals surface area contributed by atoms with Crippen LogP contribution in [0, 0.1) is 0 Å². The summed E-state index contributed by atoms with van der Waals surface area (Å²) in [5.41, 5.74) is 0. The van der Waals surface area contributed by atoms with E-state index in [-0.39, 0.29) is 12.0 Å². The Morgan fingerprint density at radius 1 is 1.45 bits per heavy atom. The number of hydrogen-bond acceptors (Lipinski definition) is 3. The molecule has 66 valence electrons. The average molecular weight is 175 g/mol. The topological polar surface area (TPSA) is 38.3 Å². The highest BCUT2D eigenvalue weighted by atomic mass is 28.3. The fourth-order valence-corrected chi connectivity index (χ4v) is 2.30. The zero-order valence-corrected chi connectivity index (χ0v) is 8.89. The van der Waals surface area contributed by atoms with Gasteiger partial charge in [-0.05, 0) is 6.92 Å². The maximum Gasteiger partial charge on any atom is 0.321 e. The van der Waals surface area contributed by atoms with Crippen molar-refractivity contribution in [1.82, 2.24) is 4.98 Å². The van der Waals surface area contributed by atoms with Crippen molar-refractivity contribution in [3.05, 3.63) is 0 Å².